The van der Waals surface area contributed by atoms with Gasteiger partial charge in [0.05, 0.1) is 16.6 Å². The molecule has 0 fully saturated rings. The van der Waals surface area contributed by atoms with Crippen molar-refractivity contribution in [3.8, 4) is 5.69 Å². The summed E-state index contributed by atoms with van der Waals surface area (Å²) in [4.78, 5) is 17.7. The zero-order valence-corrected chi connectivity index (χ0v) is 15.7. The predicted molar refractivity (Wildman–Crippen MR) is 108 cm³/mol. The molecule has 3 nitrogen and oxygen atoms in total. The Hall–Kier alpha value is -2.63. The number of hydrogen-bond acceptors (Lipinski definition) is 3. The zero-order chi connectivity index (χ0) is 18.8. The number of para-hydroxylation sites is 1. The van der Waals surface area contributed by atoms with Gasteiger partial charge in [-0.1, -0.05) is 53.7 Å². The molecule has 3 aromatic carbocycles. The maximum Gasteiger partial charge on any atom is 0.266 e. The first-order valence-electron chi connectivity index (χ1n) is 8.27. The van der Waals surface area contributed by atoms with Crippen molar-refractivity contribution in [2.45, 2.75) is 10.9 Å². The van der Waals surface area contributed by atoms with Crippen LogP contribution < -0.4 is 5.56 Å². The largest absolute Gasteiger partial charge is 0.268 e. The quantitative estimate of drug-likeness (QED) is 0.339. The van der Waals surface area contributed by atoms with E-state index in [1.807, 2.05) is 30.3 Å². The highest BCUT2D eigenvalue weighted by molar-refractivity contribution is 7.98. The van der Waals surface area contributed by atoms with Crippen molar-refractivity contribution >= 4 is 34.3 Å². The molecule has 27 heavy (non-hydrogen) atoms. The molecule has 6 heteroatoms. The molecule has 0 N–H and O–H groups in total. The first-order chi connectivity index (χ1) is 13.1. The van der Waals surface area contributed by atoms with E-state index in [9.17, 15) is 9.18 Å². The molecular weight excluding hydrogens is 383 g/mol. The van der Waals surface area contributed by atoms with Crippen LogP contribution in [0.4, 0.5) is 4.39 Å². The fourth-order valence-corrected chi connectivity index (χ4v) is 4.00. The van der Waals surface area contributed by atoms with Gasteiger partial charge in [-0.25, -0.2) is 9.37 Å². The third-order valence-corrected chi connectivity index (χ3v) is 5.31. The van der Waals surface area contributed by atoms with Crippen LogP contribution in [0.15, 0.2) is 82.7 Å². The van der Waals surface area contributed by atoms with Crippen molar-refractivity contribution in [3.63, 3.8) is 0 Å². The Morgan fingerprint density at radius 1 is 1.00 bits per heavy atom. The van der Waals surface area contributed by atoms with Crippen LogP contribution in [-0.4, -0.2) is 9.55 Å². The van der Waals surface area contributed by atoms with E-state index in [4.69, 9.17) is 11.6 Å². The van der Waals surface area contributed by atoms with Crippen LogP contribution in [0.5, 0.6) is 0 Å². The molecule has 0 aliphatic heterocycles. The van der Waals surface area contributed by atoms with E-state index in [2.05, 4.69) is 4.98 Å². The van der Waals surface area contributed by atoms with Gasteiger partial charge in [-0.3, -0.25) is 9.36 Å². The zero-order valence-electron chi connectivity index (χ0n) is 14.1. The van der Waals surface area contributed by atoms with Crippen LogP contribution in [0.25, 0.3) is 16.6 Å². The molecule has 0 bridgehead atoms. The molecule has 0 saturated heterocycles. The first kappa shape index (κ1) is 17.8. The summed E-state index contributed by atoms with van der Waals surface area (Å²) in [5, 5.41) is 1.65. The Kier molecular flexibility index (Phi) is 4.97. The normalized spacial score (nSPS) is 11.0. The summed E-state index contributed by atoms with van der Waals surface area (Å²) in [6.45, 7) is 0. The highest BCUT2D eigenvalue weighted by Crippen LogP contribution is 2.25. The van der Waals surface area contributed by atoms with E-state index in [-0.39, 0.29) is 5.56 Å². The van der Waals surface area contributed by atoms with Crippen LogP contribution in [-0.2, 0) is 5.75 Å². The van der Waals surface area contributed by atoms with Crippen LogP contribution in [0, 0.1) is 5.82 Å². The van der Waals surface area contributed by atoms with Gasteiger partial charge in [-0.05, 0) is 48.0 Å². The van der Waals surface area contributed by atoms with Gasteiger partial charge in [-0.2, -0.15) is 0 Å². The summed E-state index contributed by atoms with van der Waals surface area (Å²) in [5.74, 6) is 0.180. The van der Waals surface area contributed by atoms with E-state index in [1.165, 1.54) is 28.5 Å². The second-order valence-corrected chi connectivity index (χ2v) is 7.33. The summed E-state index contributed by atoms with van der Waals surface area (Å²) in [6, 6.07) is 20.7. The highest BCUT2D eigenvalue weighted by Gasteiger charge is 2.14. The standard InChI is InChI=1S/C21H14ClFN2OS/c22-15-6-3-5-14(11-15)13-27-21-24-19-10-2-1-9-18(19)20(26)25(21)17-8-4-7-16(23)12-17/h1-12H,13H2. The van der Waals surface area contributed by atoms with Gasteiger partial charge in [0.1, 0.15) is 5.82 Å². The number of rotatable bonds is 4. The van der Waals surface area contributed by atoms with Crippen molar-refractivity contribution in [1.29, 1.82) is 0 Å². The van der Waals surface area contributed by atoms with E-state index in [1.54, 1.807) is 30.3 Å². The van der Waals surface area contributed by atoms with E-state index in [0.717, 1.165) is 5.56 Å². The van der Waals surface area contributed by atoms with Crippen LogP contribution >= 0.6 is 23.4 Å². The third-order valence-electron chi connectivity index (χ3n) is 4.07. The molecule has 4 aromatic rings. The molecule has 0 unspecified atom stereocenters. The van der Waals surface area contributed by atoms with E-state index < -0.39 is 5.82 Å². The van der Waals surface area contributed by atoms with Crippen molar-refractivity contribution < 1.29 is 4.39 Å². The molecule has 134 valence electrons. The number of benzene rings is 3. The molecule has 0 radical (unpaired) electrons. The predicted octanol–water partition coefficient (Wildman–Crippen LogP) is 5.47. The molecule has 4 rings (SSSR count). The summed E-state index contributed by atoms with van der Waals surface area (Å²) >= 11 is 7.46. The smallest absolute Gasteiger partial charge is 0.266 e. The second kappa shape index (κ2) is 7.55. The first-order valence-corrected chi connectivity index (χ1v) is 9.63. The molecule has 0 saturated carbocycles. The summed E-state index contributed by atoms with van der Waals surface area (Å²) < 4.78 is 15.2. The Morgan fingerprint density at radius 3 is 2.63 bits per heavy atom. The maximum atomic E-state index is 13.8. The van der Waals surface area contributed by atoms with Gasteiger partial charge in [0, 0.05) is 10.8 Å². The highest BCUT2D eigenvalue weighted by atomic mass is 35.5. The minimum Gasteiger partial charge on any atom is -0.268 e. The molecule has 1 heterocycles. The summed E-state index contributed by atoms with van der Waals surface area (Å²) in [7, 11) is 0. The van der Waals surface area contributed by atoms with Gasteiger partial charge >= 0.3 is 0 Å². The Morgan fingerprint density at radius 2 is 1.81 bits per heavy atom. The number of nitrogens with zero attached hydrogens (tertiary/aromatic N) is 2. The fourth-order valence-electron chi connectivity index (χ4n) is 2.83. The van der Waals surface area contributed by atoms with Gasteiger partial charge in [0.25, 0.3) is 5.56 Å². The maximum absolute atomic E-state index is 13.8. The van der Waals surface area contributed by atoms with Crippen molar-refractivity contribution in [1.82, 2.24) is 9.55 Å². The lowest BCUT2D eigenvalue weighted by Crippen LogP contribution is -2.21. The van der Waals surface area contributed by atoms with Crippen LogP contribution in [0.2, 0.25) is 5.02 Å². The van der Waals surface area contributed by atoms with Gasteiger partial charge in [0.15, 0.2) is 5.16 Å². The van der Waals surface area contributed by atoms with E-state index in [0.29, 0.717) is 32.5 Å². The number of halogens is 2. The number of hydrogen-bond donors (Lipinski definition) is 0. The second-order valence-electron chi connectivity index (χ2n) is 5.95. The molecule has 0 aliphatic rings. The van der Waals surface area contributed by atoms with Crippen molar-refractivity contribution in [3.05, 3.63) is 99.6 Å². The Bertz CT molecular complexity index is 1190. The lowest BCUT2D eigenvalue weighted by atomic mass is 10.2. The molecule has 0 amide bonds. The fraction of sp³-hybridized carbons (Fsp3) is 0.0476. The van der Waals surface area contributed by atoms with Crippen LogP contribution in [0.3, 0.4) is 0 Å². The van der Waals surface area contributed by atoms with Gasteiger partial charge < -0.3 is 0 Å². The Balaban J connectivity index is 1.84. The number of thioether (sulfide) groups is 1. The third kappa shape index (κ3) is 3.75. The molecule has 1 aromatic heterocycles. The molecular formula is C21H14ClFN2OS. The van der Waals surface area contributed by atoms with Crippen molar-refractivity contribution in [2.24, 2.45) is 0 Å². The minimum atomic E-state index is -0.404. The van der Waals surface area contributed by atoms with Crippen LogP contribution in [0.1, 0.15) is 5.56 Å². The Labute approximate surface area is 164 Å². The lowest BCUT2D eigenvalue weighted by molar-refractivity contribution is 0.625. The minimum absolute atomic E-state index is 0.222. The monoisotopic (exact) mass is 396 g/mol. The molecule has 0 atom stereocenters. The van der Waals surface area contributed by atoms with E-state index >= 15 is 0 Å². The summed E-state index contributed by atoms with van der Waals surface area (Å²) in [5.41, 5.74) is 1.86. The number of aromatic nitrogens is 2. The average molecular weight is 397 g/mol. The topological polar surface area (TPSA) is 34.9 Å². The van der Waals surface area contributed by atoms with Gasteiger partial charge in [-0.15, -0.1) is 0 Å². The summed E-state index contributed by atoms with van der Waals surface area (Å²) in [6.07, 6.45) is 0. The molecule has 0 aliphatic carbocycles. The van der Waals surface area contributed by atoms with Gasteiger partial charge in [0.2, 0.25) is 0 Å². The average Bonchev–Trinajstić information content (AvgIpc) is 2.66. The number of fused-ring (bicyclic) bond motifs is 1. The van der Waals surface area contributed by atoms with Crippen molar-refractivity contribution in [2.75, 3.05) is 0 Å². The molecule has 0 spiro atoms. The lowest BCUT2D eigenvalue weighted by Gasteiger charge is -2.13. The SMILES string of the molecule is O=c1c2ccccc2nc(SCc2cccc(Cl)c2)n1-c1cccc(F)c1.